The fourth-order valence-electron chi connectivity index (χ4n) is 7.06. The molecule has 0 aliphatic heterocycles. The van der Waals surface area contributed by atoms with E-state index in [0.29, 0.717) is 16.9 Å². The summed E-state index contributed by atoms with van der Waals surface area (Å²) in [6.45, 7) is 1.70. The van der Waals surface area contributed by atoms with Crippen LogP contribution < -0.4 is 4.90 Å². The van der Waals surface area contributed by atoms with Gasteiger partial charge in [0.25, 0.3) is 0 Å². The van der Waals surface area contributed by atoms with Crippen LogP contribution in [0.5, 0.6) is 0 Å². The fraction of sp³-hybridized carbons (Fsp3) is 0.0222. The van der Waals surface area contributed by atoms with Crippen LogP contribution in [0.2, 0.25) is 0 Å². The first-order valence-corrected chi connectivity index (χ1v) is 17.4. The van der Waals surface area contributed by atoms with Gasteiger partial charge in [-0.1, -0.05) is 103 Å². The van der Waals surface area contributed by atoms with Crippen molar-refractivity contribution in [2.24, 2.45) is 0 Å². The van der Waals surface area contributed by atoms with Gasteiger partial charge >= 0.3 is 0 Å². The highest BCUT2D eigenvalue weighted by molar-refractivity contribution is 7.26. The summed E-state index contributed by atoms with van der Waals surface area (Å²) in [6, 6.07) is 54.2. The minimum atomic E-state index is -0.615. The minimum absolute atomic E-state index is 0.109. The molecule has 9 rings (SSSR count). The zero-order chi connectivity index (χ0) is 33.8. The van der Waals surface area contributed by atoms with Crippen LogP contribution in [-0.4, -0.2) is 4.57 Å². The van der Waals surface area contributed by atoms with Crippen molar-refractivity contribution < 1.29 is 8.78 Å². The van der Waals surface area contributed by atoms with Crippen LogP contribution in [0, 0.1) is 18.6 Å². The quantitative estimate of drug-likeness (QED) is 0.171. The molecule has 9 aromatic rings. The average Bonchev–Trinajstić information content (AvgIpc) is 3.68. The highest BCUT2D eigenvalue weighted by Crippen LogP contribution is 2.43. The van der Waals surface area contributed by atoms with E-state index in [-0.39, 0.29) is 5.69 Å². The van der Waals surface area contributed by atoms with Gasteiger partial charge in [0, 0.05) is 32.5 Å². The monoisotopic (exact) mass is 668 g/mol. The van der Waals surface area contributed by atoms with Crippen molar-refractivity contribution in [2.45, 2.75) is 6.92 Å². The van der Waals surface area contributed by atoms with E-state index < -0.39 is 11.6 Å². The third-order valence-electron chi connectivity index (χ3n) is 9.36. The van der Waals surface area contributed by atoms with Crippen LogP contribution in [0.15, 0.2) is 164 Å². The van der Waals surface area contributed by atoms with Crippen molar-refractivity contribution in [2.75, 3.05) is 4.90 Å². The summed E-state index contributed by atoms with van der Waals surface area (Å²) in [7, 11) is 0. The lowest BCUT2D eigenvalue weighted by Gasteiger charge is -2.27. The first-order valence-electron chi connectivity index (χ1n) is 16.6. The summed E-state index contributed by atoms with van der Waals surface area (Å²) in [5, 5.41) is 2.49. The summed E-state index contributed by atoms with van der Waals surface area (Å²) in [5.74, 6) is -1.23. The minimum Gasteiger partial charge on any atom is -0.308 e. The Bertz CT molecular complexity index is 2640. The number of hydrogen-bond acceptors (Lipinski definition) is 2. The molecule has 0 atom stereocenters. The molecule has 0 bridgehead atoms. The van der Waals surface area contributed by atoms with Gasteiger partial charge in [-0.25, -0.2) is 8.78 Å². The molecule has 0 spiro atoms. The Kier molecular flexibility index (Phi) is 7.29. The second kappa shape index (κ2) is 12.1. The smallest absolute Gasteiger partial charge is 0.150 e. The van der Waals surface area contributed by atoms with Crippen molar-refractivity contribution >= 4 is 59.6 Å². The molecule has 50 heavy (non-hydrogen) atoms. The van der Waals surface area contributed by atoms with E-state index in [4.69, 9.17) is 0 Å². The molecule has 2 aromatic heterocycles. The Hall–Kier alpha value is -6.04. The van der Waals surface area contributed by atoms with E-state index in [2.05, 4.69) is 77.4 Å². The van der Waals surface area contributed by atoms with Crippen molar-refractivity contribution in [3.8, 4) is 27.9 Å². The summed E-state index contributed by atoms with van der Waals surface area (Å²) >= 11 is 1.83. The molecule has 240 valence electrons. The van der Waals surface area contributed by atoms with E-state index in [9.17, 15) is 0 Å². The molecular weight excluding hydrogens is 639 g/mol. The maximum Gasteiger partial charge on any atom is 0.150 e. The van der Waals surface area contributed by atoms with E-state index in [0.717, 1.165) is 27.9 Å². The molecule has 2 heterocycles. The molecule has 0 saturated heterocycles. The molecule has 5 heteroatoms. The lowest BCUT2D eigenvalue weighted by molar-refractivity contribution is 0.584. The predicted molar refractivity (Wildman–Crippen MR) is 206 cm³/mol. The van der Waals surface area contributed by atoms with Crippen LogP contribution in [0.1, 0.15) is 5.56 Å². The van der Waals surface area contributed by atoms with Crippen LogP contribution in [-0.2, 0) is 0 Å². The maximum absolute atomic E-state index is 15.7. The van der Waals surface area contributed by atoms with Gasteiger partial charge in [-0.2, -0.15) is 0 Å². The van der Waals surface area contributed by atoms with Crippen molar-refractivity contribution in [3.05, 3.63) is 181 Å². The standard InChI is InChI=1S/C45H30F2N2S/c1-29-26-39(46)44(40(47)27-29)48(34-22-18-31(19-23-34)30-10-3-2-4-11-30)36-13-9-12-33(28-36)32-20-24-35(25-21-32)49-41-16-7-5-14-37(41)45-43(49)38-15-6-8-17-42(38)50-45/h2-28H,1H3. The Balaban J connectivity index is 1.14. The highest BCUT2D eigenvalue weighted by atomic mass is 32.1. The van der Waals surface area contributed by atoms with Crippen LogP contribution in [0.4, 0.5) is 25.8 Å². The first-order chi connectivity index (χ1) is 24.5. The van der Waals surface area contributed by atoms with Crippen molar-refractivity contribution in [1.29, 1.82) is 0 Å². The Morgan fingerprint density at radius 3 is 1.88 bits per heavy atom. The number of aromatic nitrogens is 1. The lowest BCUT2D eigenvalue weighted by Crippen LogP contribution is -2.14. The Morgan fingerprint density at radius 1 is 0.520 bits per heavy atom. The second-order valence-corrected chi connectivity index (χ2v) is 13.6. The molecule has 0 aliphatic carbocycles. The number of fused-ring (bicyclic) bond motifs is 5. The number of benzene rings is 7. The fourth-order valence-corrected chi connectivity index (χ4v) is 8.28. The molecular formula is C45H30F2N2S. The number of hydrogen-bond donors (Lipinski definition) is 0. The van der Waals surface area contributed by atoms with E-state index in [1.165, 1.54) is 43.3 Å². The van der Waals surface area contributed by atoms with Crippen LogP contribution >= 0.6 is 11.3 Å². The number of aryl methyl sites for hydroxylation is 1. The van der Waals surface area contributed by atoms with Crippen molar-refractivity contribution in [1.82, 2.24) is 4.57 Å². The average molecular weight is 669 g/mol. The molecule has 2 nitrogen and oxygen atoms in total. The largest absolute Gasteiger partial charge is 0.308 e. The molecule has 7 aromatic carbocycles. The summed E-state index contributed by atoms with van der Waals surface area (Å²) in [6.07, 6.45) is 0. The summed E-state index contributed by atoms with van der Waals surface area (Å²) in [4.78, 5) is 1.67. The Morgan fingerprint density at radius 2 is 1.12 bits per heavy atom. The third kappa shape index (κ3) is 5.06. The number of halogens is 2. The summed E-state index contributed by atoms with van der Waals surface area (Å²) in [5.41, 5.74) is 9.24. The van der Waals surface area contributed by atoms with Gasteiger partial charge < -0.3 is 9.47 Å². The number of thiophene rings is 1. The van der Waals surface area contributed by atoms with Crippen LogP contribution in [0.3, 0.4) is 0 Å². The number of nitrogens with zero attached hydrogens (tertiary/aromatic N) is 2. The third-order valence-corrected chi connectivity index (χ3v) is 10.6. The topological polar surface area (TPSA) is 8.17 Å². The first kappa shape index (κ1) is 30.1. The van der Waals surface area contributed by atoms with Crippen molar-refractivity contribution in [3.63, 3.8) is 0 Å². The molecule has 0 aliphatic rings. The van der Waals surface area contributed by atoms with Crippen LogP contribution in [0.25, 0.3) is 59.1 Å². The molecule has 0 unspecified atom stereocenters. The normalized spacial score (nSPS) is 11.5. The molecule has 0 fully saturated rings. The number of rotatable bonds is 6. The molecule has 0 N–H and O–H groups in total. The second-order valence-electron chi connectivity index (χ2n) is 12.6. The SMILES string of the molecule is Cc1cc(F)c(N(c2ccc(-c3ccccc3)cc2)c2cccc(-c3ccc(-n4c5ccccc5c5sc6ccccc6c54)cc3)c2)c(F)c1. The zero-order valence-electron chi connectivity index (χ0n) is 27.1. The Labute approximate surface area is 292 Å². The number of para-hydroxylation sites is 1. The van der Waals surface area contributed by atoms with Gasteiger partial charge in [-0.05, 0) is 95.4 Å². The maximum atomic E-state index is 15.7. The van der Waals surface area contributed by atoms with Gasteiger partial charge in [0.1, 0.15) is 17.3 Å². The number of anilines is 3. The van der Waals surface area contributed by atoms with E-state index in [1.54, 1.807) is 11.8 Å². The van der Waals surface area contributed by atoms with Gasteiger partial charge in [0.15, 0.2) is 0 Å². The van der Waals surface area contributed by atoms with Gasteiger partial charge in [-0.3, -0.25) is 0 Å². The van der Waals surface area contributed by atoms with Gasteiger partial charge in [0.2, 0.25) is 0 Å². The van der Waals surface area contributed by atoms with E-state index >= 15 is 8.78 Å². The zero-order valence-corrected chi connectivity index (χ0v) is 28.0. The predicted octanol–water partition coefficient (Wildman–Crippen LogP) is 13.4. The molecule has 0 saturated carbocycles. The molecule has 0 radical (unpaired) electrons. The van der Waals surface area contributed by atoms with Gasteiger partial charge in [-0.15, -0.1) is 11.3 Å². The van der Waals surface area contributed by atoms with E-state index in [1.807, 2.05) is 90.2 Å². The van der Waals surface area contributed by atoms with Gasteiger partial charge in [0.05, 0.1) is 15.7 Å². The lowest BCUT2D eigenvalue weighted by atomic mass is 10.0. The highest BCUT2D eigenvalue weighted by Gasteiger charge is 2.22. The summed E-state index contributed by atoms with van der Waals surface area (Å²) < 4.78 is 36.3. The molecule has 0 amide bonds.